The fourth-order valence-corrected chi connectivity index (χ4v) is 1.69. The summed E-state index contributed by atoms with van der Waals surface area (Å²) in [7, 11) is 0. The molecule has 1 aromatic heterocycles. The average molecular weight is 277 g/mol. The van der Waals surface area contributed by atoms with Gasteiger partial charge in [-0.25, -0.2) is 9.37 Å². The van der Waals surface area contributed by atoms with Crippen LogP contribution in [0.2, 0.25) is 0 Å². The van der Waals surface area contributed by atoms with Gasteiger partial charge in [0.1, 0.15) is 17.4 Å². The molecule has 0 radical (unpaired) electrons. The largest absolute Gasteiger partial charge is 0.484 e. The van der Waals surface area contributed by atoms with Gasteiger partial charge in [-0.05, 0) is 19.1 Å². The molecule has 20 heavy (non-hydrogen) atoms. The van der Waals surface area contributed by atoms with E-state index in [1.165, 1.54) is 18.2 Å². The minimum atomic E-state index is -0.391. The van der Waals surface area contributed by atoms with Crippen molar-refractivity contribution in [3.63, 3.8) is 0 Å². The van der Waals surface area contributed by atoms with Crippen LogP contribution >= 0.6 is 0 Å². The molecule has 2 N–H and O–H groups in total. The highest BCUT2D eigenvalue weighted by atomic mass is 19.1. The van der Waals surface area contributed by atoms with E-state index in [-0.39, 0.29) is 12.5 Å². The Morgan fingerprint density at radius 2 is 2.35 bits per heavy atom. The molecule has 0 spiro atoms. The second-order valence-electron chi connectivity index (χ2n) is 4.34. The lowest BCUT2D eigenvalue weighted by Crippen LogP contribution is -2.30. The third-order valence-corrected chi connectivity index (χ3v) is 2.64. The number of aryl methyl sites for hydroxylation is 1. The van der Waals surface area contributed by atoms with Gasteiger partial charge >= 0.3 is 0 Å². The number of benzene rings is 1. The van der Waals surface area contributed by atoms with Crippen LogP contribution < -0.4 is 10.1 Å². The Morgan fingerprint density at radius 3 is 3.05 bits per heavy atom. The summed E-state index contributed by atoms with van der Waals surface area (Å²) in [5.74, 6) is 0.549. The summed E-state index contributed by atoms with van der Waals surface area (Å²) in [6.45, 7) is 2.23. The molecule has 106 valence electrons. The molecule has 0 fully saturated rings. The van der Waals surface area contributed by atoms with Crippen LogP contribution in [0.25, 0.3) is 0 Å². The summed E-state index contributed by atoms with van der Waals surface area (Å²) < 4.78 is 18.1. The lowest BCUT2D eigenvalue weighted by molar-refractivity contribution is -0.123. The lowest BCUT2D eigenvalue weighted by atomic mass is 10.3. The zero-order valence-corrected chi connectivity index (χ0v) is 11.1. The first-order valence-corrected chi connectivity index (χ1v) is 6.29. The number of aromatic amines is 1. The number of imidazole rings is 1. The van der Waals surface area contributed by atoms with E-state index >= 15 is 0 Å². The molecule has 6 heteroatoms. The molecule has 1 aromatic carbocycles. The number of rotatable bonds is 6. The van der Waals surface area contributed by atoms with Gasteiger partial charge < -0.3 is 15.0 Å². The molecule has 5 nitrogen and oxygen atoms in total. The Morgan fingerprint density at radius 1 is 1.50 bits per heavy atom. The Labute approximate surface area is 116 Å². The highest BCUT2D eigenvalue weighted by Gasteiger charge is 2.04. The summed E-state index contributed by atoms with van der Waals surface area (Å²) in [5, 5.41) is 2.72. The van der Waals surface area contributed by atoms with Gasteiger partial charge in [0.15, 0.2) is 6.61 Å². The third kappa shape index (κ3) is 4.38. The van der Waals surface area contributed by atoms with Gasteiger partial charge in [-0.2, -0.15) is 0 Å². The normalized spacial score (nSPS) is 10.3. The van der Waals surface area contributed by atoms with E-state index < -0.39 is 5.82 Å². The smallest absolute Gasteiger partial charge is 0.257 e. The van der Waals surface area contributed by atoms with Gasteiger partial charge in [0.05, 0.1) is 0 Å². The maximum absolute atomic E-state index is 12.9. The zero-order valence-electron chi connectivity index (χ0n) is 11.1. The summed E-state index contributed by atoms with van der Waals surface area (Å²) in [6, 6.07) is 5.69. The van der Waals surface area contributed by atoms with Gasteiger partial charge in [-0.1, -0.05) is 6.07 Å². The first-order chi connectivity index (χ1) is 9.63. The molecule has 0 atom stereocenters. The number of nitrogens with one attached hydrogen (secondary N) is 2. The minimum Gasteiger partial charge on any atom is -0.484 e. The summed E-state index contributed by atoms with van der Waals surface area (Å²) in [4.78, 5) is 18.7. The van der Waals surface area contributed by atoms with Crippen molar-refractivity contribution in [3.8, 4) is 5.75 Å². The molecule has 2 aromatic rings. The SMILES string of the molecule is Cc1ncc(CCNC(=O)COc2cccc(F)c2)[nH]1. The summed E-state index contributed by atoms with van der Waals surface area (Å²) >= 11 is 0. The van der Waals surface area contributed by atoms with Gasteiger partial charge in [0, 0.05) is 30.9 Å². The topological polar surface area (TPSA) is 67.0 Å². The van der Waals surface area contributed by atoms with E-state index in [9.17, 15) is 9.18 Å². The lowest BCUT2D eigenvalue weighted by Gasteiger charge is -2.07. The second-order valence-corrected chi connectivity index (χ2v) is 4.34. The van der Waals surface area contributed by atoms with E-state index in [2.05, 4.69) is 15.3 Å². The van der Waals surface area contributed by atoms with E-state index in [1.807, 2.05) is 6.92 Å². The van der Waals surface area contributed by atoms with Crippen molar-refractivity contribution in [2.75, 3.05) is 13.2 Å². The number of H-pyrrole nitrogens is 1. The number of carbonyl (C=O) groups is 1. The number of carbonyl (C=O) groups excluding carboxylic acids is 1. The summed E-state index contributed by atoms with van der Waals surface area (Å²) in [6.07, 6.45) is 2.41. The van der Waals surface area contributed by atoms with Crippen LogP contribution in [0.5, 0.6) is 5.75 Å². The van der Waals surface area contributed by atoms with Crippen LogP contribution in [0, 0.1) is 12.7 Å². The fourth-order valence-electron chi connectivity index (χ4n) is 1.69. The van der Waals surface area contributed by atoms with Gasteiger partial charge in [0.2, 0.25) is 0 Å². The second kappa shape index (κ2) is 6.70. The monoisotopic (exact) mass is 277 g/mol. The zero-order chi connectivity index (χ0) is 14.4. The minimum absolute atomic E-state index is 0.133. The van der Waals surface area contributed by atoms with E-state index in [0.717, 1.165) is 11.5 Å². The Hall–Kier alpha value is -2.37. The molecule has 0 bridgehead atoms. The van der Waals surface area contributed by atoms with Crippen LogP contribution in [0.3, 0.4) is 0 Å². The third-order valence-electron chi connectivity index (χ3n) is 2.64. The van der Waals surface area contributed by atoms with E-state index in [4.69, 9.17) is 4.74 Å². The summed E-state index contributed by atoms with van der Waals surface area (Å²) in [5.41, 5.74) is 0.967. The number of nitrogens with zero attached hydrogens (tertiary/aromatic N) is 1. The molecule has 2 rings (SSSR count). The number of amides is 1. The molecule has 0 unspecified atom stereocenters. The van der Waals surface area contributed by atoms with E-state index in [0.29, 0.717) is 18.7 Å². The number of hydrogen-bond donors (Lipinski definition) is 2. The first kappa shape index (κ1) is 14.0. The first-order valence-electron chi connectivity index (χ1n) is 6.29. The molecule has 0 aliphatic rings. The fraction of sp³-hybridized carbons (Fsp3) is 0.286. The van der Waals surface area contributed by atoms with Gasteiger partial charge in [-0.15, -0.1) is 0 Å². The van der Waals surface area contributed by atoms with Crippen LogP contribution in [-0.2, 0) is 11.2 Å². The van der Waals surface area contributed by atoms with Gasteiger partial charge in [0.25, 0.3) is 5.91 Å². The average Bonchev–Trinajstić information content (AvgIpc) is 2.82. The Kier molecular flexibility index (Phi) is 4.70. The van der Waals surface area contributed by atoms with Crippen LogP contribution in [-0.4, -0.2) is 29.0 Å². The number of hydrogen-bond acceptors (Lipinski definition) is 3. The van der Waals surface area contributed by atoms with Crippen molar-refractivity contribution in [1.82, 2.24) is 15.3 Å². The van der Waals surface area contributed by atoms with Crippen molar-refractivity contribution in [2.24, 2.45) is 0 Å². The predicted octanol–water partition coefficient (Wildman–Crippen LogP) is 1.59. The van der Waals surface area contributed by atoms with Crippen molar-refractivity contribution < 1.29 is 13.9 Å². The maximum Gasteiger partial charge on any atom is 0.257 e. The van der Waals surface area contributed by atoms with Crippen molar-refractivity contribution in [2.45, 2.75) is 13.3 Å². The molecule has 0 aliphatic carbocycles. The Bertz CT molecular complexity index is 583. The number of ether oxygens (including phenoxy) is 1. The van der Waals surface area contributed by atoms with Crippen molar-refractivity contribution in [3.05, 3.63) is 47.8 Å². The highest BCUT2D eigenvalue weighted by molar-refractivity contribution is 5.77. The van der Waals surface area contributed by atoms with Crippen LogP contribution in [0.1, 0.15) is 11.5 Å². The molecular weight excluding hydrogens is 261 g/mol. The van der Waals surface area contributed by atoms with Crippen LogP contribution in [0.15, 0.2) is 30.5 Å². The van der Waals surface area contributed by atoms with Crippen LogP contribution in [0.4, 0.5) is 4.39 Å². The maximum atomic E-state index is 12.9. The van der Waals surface area contributed by atoms with Gasteiger partial charge in [-0.3, -0.25) is 4.79 Å². The molecule has 1 amide bonds. The predicted molar refractivity (Wildman–Crippen MR) is 71.9 cm³/mol. The van der Waals surface area contributed by atoms with E-state index in [1.54, 1.807) is 12.3 Å². The quantitative estimate of drug-likeness (QED) is 0.842. The molecular formula is C14H16FN3O2. The Balaban J connectivity index is 1.68. The van der Waals surface area contributed by atoms with Crippen molar-refractivity contribution in [1.29, 1.82) is 0 Å². The molecule has 0 saturated carbocycles. The molecule has 0 saturated heterocycles. The molecule has 1 heterocycles. The highest BCUT2D eigenvalue weighted by Crippen LogP contribution is 2.11. The van der Waals surface area contributed by atoms with Crippen molar-refractivity contribution >= 4 is 5.91 Å². The number of halogens is 1. The standard InChI is InChI=1S/C14H16FN3O2/c1-10-17-8-12(18-10)5-6-16-14(19)9-20-13-4-2-3-11(15)7-13/h2-4,7-8H,5-6,9H2,1H3,(H,16,19)(H,17,18). The molecule has 0 aliphatic heterocycles. The number of aromatic nitrogens is 2.